The largest absolute Gasteiger partial charge is 0.459 e. The average Bonchev–Trinajstić information content (AvgIpc) is 3.06. The van der Waals surface area contributed by atoms with E-state index in [4.69, 9.17) is 9.47 Å². The van der Waals surface area contributed by atoms with Gasteiger partial charge in [0.1, 0.15) is 0 Å². The van der Waals surface area contributed by atoms with E-state index >= 15 is 0 Å². The summed E-state index contributed by atoms with van der Waals surface area (Å²) in [6, 6.07) is 2.07. The van der Waals surface area contributed by atoms with Crippen molar-refractivity contribution in [2.24, 2.45) is 5.92 Å². The van der Waals surface area contributed by atoms with Gasteiger partial charge in [0.05, 0.1) is 0 Å². The van der Waals surface area contributed by atoms with Crippen LogP contribution in [-0.4, -0.2) is 49.5 Å². The summed E-state index contributed by atoms with van der Waals surface area (Å²) in [5.41, 5.74) is 1.16. The van der Waals surface area contributed by atoms with Crippen molar-refractivity contribution in [2.75, 3.05) is 27.3 Å². The van der Waals surface area contributed by atoms with Gasteiger partial charge in [-0.3, -0.25) is 4.79 Å². The predicted molar refractivity (Wildman–Crippen MR) is 90.1 cm³/mol. The number of aliphatic hydroxyl groups is 1. The number of carbonyl (C=O) groups excluding carboxylic acids is 1. The maximum absolute atomic E-state index is 12.3. The highest BCUT2D eigenvalue weighted by Crippen LogP contribution is 2.40. The van der Waals surface area contributed by atoms with Gasteiger partial charge in [0.25, 0.3) is 5.91 Å². The quantitative estimate of drug-likeness (QED) is 0.829. The Bertz CT molecular complexity index is 527. The fourth-order valence-corrected chi connectivity index (χ4v) is 3.53. The second-order valence-corrected chi connectivity index (χ2v) is 6.56. The van der Waals surface area contributed by atoms with Crippen molar-refractivity contribution in [3.63, 3.8) is 0 Å². The number of rotatable bonds is 7. The first kappa shape index (κ1) is 18.0. The van der Waals surface area contributed by atoms with Crippen molar-refractivity contribution < 1.29 is 19.4 Å². The highest BCUT2D eigenvalue weighted by molar-refractivity contribution is 7.08. The molecule has 0 spiro atoms. The van der Waals surface area contributed by atoms with Gasteiger partial charge in [-0.1, -0.05) is 0 Å². The van der Waals surface area contributed by atoms with E-state index in [2.05, 4.69) is 11.4 Å². The minimum Gasteiger partial charge on any atom is -0.459 e. The molecule has 0 fully saturated rings. The van der Waals surface area contributed by atoms with Crippen molar-refractivity contribution in [3.05, 3.63) is 34.2 Å². The number of carbonyl (C=O) groups is 1. The standard InChI is InChI=1S/C17H25NO4S/c1-4-21-17-13(6-5-8-19)14(12-7-9-23-11-12)10-15(22-17)16(20)18(2)3/h7,9-11,13-14,17,19H,4-6,8H2,1-3H3/t13-,14-,17-/m1/s1. The molecule has 1 amide bonds. The first-order valence-corrected chi connectivity index (χ1v) is 8.87. The van der Waals surface area contributed by atoms with E-state index in [9.17, 15) is 9.90 Å². The first-order valence-electron chi connectivity index (χ1n) is 7.93. The Balaban J connectivity index is 2.35. The van der Waals surface area contributed by atoms with Crippen LogP contribution < -0.4 is 0 Å². The van der Waals surface area contributed by atoms with E-state index in [0.29, 0.717) is 18.8 Å². The van der Waals surface area contributed by atoms with Gasteiger partial charge in [-0.25, -0.2) is 0 Å². The van der Waals surface area contributed by atoms with Gasteiger partial charge in [0.15, 0.2) is 5.76 Å². The first-order chi connectivity index (χ1) is 11.1. The molecule has 2 heterocycles. The van der Waals surface area contributed by atoms with Crippen molar-refractivity contribution in [2.45, 2.75) is 32.0 Å². The van der Waals surface area contributed by atoms with E-state index in [1.807, 2.05) is 18.4 Å². The maximum atomic E-state index is 12.3. The summed E-state index contributed by atoms with van der Waals surface area (Å²) in [5, 5.41) is 13.3. The van der Waals surface area contributed by atoms with Crippen LogP contribution >= 0.6 is 11.3 Å². The lowest BCUT2D eigenvalue weighted by molar-refractivity contribution is -0.169. The summed E-state index contributed by atoms with van der Waals surface area (Å²) < 4.78 is 11.6. The SMILES string of the molecule is CCO[C@@H]1OC(C(=O)N(C)C)=C[C@H](c2ccsc2)[C@H]1CCCO. The number of thiophene rings is 1. The number of ether oxygens (including phenoxy) is 2. The van der Waals surface area contributed by atoms with E-state index in [0.717, 1.165) is 12.0 Å². The predicted octanol–water partition coefficient (Wildman–Crippen LogP) is 2.59. The summed E-state index contributed by atoms with van der Waals surface area (Å²) in [4.78, 5) is 13.8. The molecule has 0 saturated carbocycles. The van der Waals surface area contributed by atoms with Gasteiger partial charge in [-0.15, -0.1) is 0 Å². The number of amides is 1. The molecule has 1 N–H and O–H groups in total. The Labute approximate surface area is 141 Å². The van der Waals surface area contributed by atoms with Gasteiger partial charge in [-0.05, 0) is 48.2 Å². The normalized spacial score (nSPS) is 24.0. The van der Waals surface area contributed by atoms with Crippen molar-refractivity contribution in [3.8, 4) is 0 Å². The third kappa shape index (κ3) is 4.34. The Morgan fingerprint density at radius 3 is 2.83 bits per heavy atom. The van der Waals surface area contributed by atoms with Crippen LogP contribution in [0.15, 0.2) is 28.7 Å². The lowest BCUT2D eigenvalue weighted by Crippen LogP contribution is -2.38. The summed E-state index contributed by atoms with van der Waals surface area (Å²) in [7, 11) is 3.42. The molecule has 2 rings (SSSR count). The summed E-state index contributed by atoms with van der Waals surface area (Å²) in [5.74, 6) is 0.313. The fraction of sp³-hybridized carbons (Fsp3) is 0.588. The molecule has 0 aliphatic carbocycles. The molecule has 6 heteroatoms. The minimum atomic E-state index is -0.472. The van der Waals surface area contributed by atoms with E-state index in [-0.39, 0.29) is 24.3 Å². The van der Waals surface area contributed by atoms with E-state index < -0.39 is 6.29 Å². The van der Waals surface area contributed by atoms with Crippen LogP contribution in [0.25, 0.3) is 0 Å². The van der Waals surface area contributed by atoms with Crippen molar-refractivity contribution in [1.82, 2.24) is 4.90 Å². The van der Waals surface area contributed by atoms with Crippen LogP contribution in [0.1, 0.15) is 31.2 Å². The van der Waals surface area contributed by atoms with Crippen LogP contribution in [0.5, 0.6) is 0 Å². The number of allylic oxidation sites excluding steroid dienone is 1. The molecular formula is C17H25NO4S. The molecule has 0 radical (unpaired) electrons. The summed E-state index contributed by atoms with van der Waals surface area (Å²) in [6.45, 7) is 2.57. The average molecular weight is 339 g/mol. The van der Waals surface area contributed by atoms with Gasteiger partial charge in [0.2, 0.25) is 6.29 Å². The molecular weight excluding hydrogens is 314 g/mol. The fourth-order valence-electron chi connectivity index (χ4n) is 2.82. The van der Waals surface area contributed by atoms with E-state index in [1.54, 1.807) is 25.4 Å². The van der Waals surface area contributed by atoms with Crippen LogP contribution in [-0.2, 0) is 14.3 Å². The molecule has 128 valence electrons. The van der Waals surface area contributed by atoms with Gasteiger partial charge in [-0.2, -0.15) is 11.3 Å². The molecule has 1 aliphatic rings. The Morgan fingerprint density at radius 2 is 2.26 bits per heavy atom. The van der Waals surface area contributed by atoms with Gasteiger partial charge < -0.3 is 19.5 Å². The molecule has 23 heavy (non-hydrogen) atoms. The van der Waals surface area contributed by atoms with Gasteiger partial charge in [0, 0.05) is 39.1 Å². The second-order valence-electron chi connectivity index (χ2n) is 5.78. The Kier molecular flexibility index (Phi) is 6.62. The highest BCUT2D eigenvalue weighted by atomic mass is 32.1. The van der Waals surface area contributed by atoms with Crippen LogP contribution in [0, 0.1) is 5.92 Å². The minimum absolute atomic E-state index is 0.0528. The summed E-state index contributed by atoms with van der Waals surface area (Å²) in [6.07, 6.45) is 2.90. The Morgan fingerprint density at radius 1 is 1.48 bits per heavy atom. The lowest BCUT2D eigenvalue weighted by atomic mass is 9.81. The lowest BCUT2D eigenvalue weighted by Gasteiger charge is -2.37. The molecule has 5 nitrogen and oxygen atoms in total. The van der Waals surface area contributed by atoms with Crippen LogP contribution in [0.2, 0.25) is 0 Å². The monoisotopic (exact) mass is 339 g/mol. The third-order valence-corrected chi connectivity index (χ3v) is 4.66. The zero-order valence-electron chi connectivity index (χ0n) is 13.9. The molecule has 0 saturated heterocycles. The smallest absolute Gasteiger partial charge is 0.288 e. The number of hydrogen-bond acceptors (Lipinski definition) is 5. The van der Waals surface area contributed by atoms with Crippen LogP contribution in [0.4, 0.5) is 0 Å². The molecule has 3 atom stereocenters. The Hall–Kier alpha value is -1.37. The molecule has 1 aliphatic heterocycles. The zero-order chi connectivity index (χ0) is 16.8. The molecule has 0 bridgehead atoms. The second kappa shape index (κ2) is 8.47. The number of likely N-dealkylation sites (N-methyl/N-ethyl adjacent to an activating group) is 1. The maximum Gasteiger partial charge on any atom is 0.288 e. The summed E-state index contributed by atoms with van der Waals surface area (Å²) >= 11 is 1.63. The van der Waals surface area contributed by atoms with Gasteiger partial charge >= 0.3 is 0 Å². The number of aliphatic hydroxyl groups excluding tert-OH is 1. The van der Waals surface area contributed by atoms with Crippen molar-refractivity contribution in [1.29, 1.82) is 0 Å². The molecule has 1 aromatic rings. The molecule has 1 aromatic heterocycles. The number of hydrogen-bond donors (Lipinski definition) is 1. The third-order valence-electron chi connectivity index (χ3n) is 3.96. The van der Waals surface area contributed by atoms with Crippen molar-refractivity contribution >= 4 is 17.2 Å². The molecule has 0 unspecified atom stereocenters. The van der Waals surface area contributed by atoms with Crippen LogP contribution in [0.3, 0.4) is 0 Å². The number of nitrogens with zero attached hydrogens (tertiary/aromatic N) is 1. The zero-order valence-corrected chi connectivity index (χ0v) is 14.7. The highest BCUT2D eigenvalue weighted by Gasteiger charge is 2.38. The van der Waals surface area contributed by atoms with E-state index in [1.165, 1.54) is 4.90 Å². The topological polar surface area (TPSA) is 59.0 Å². The molecule has 0 aromatic carbocycles.